The maximum absolute atomic E-state index is 9.29. The molecule has 4 rings (SSSR count). The van der Waals surface area contributed by atoms with Gasteiger partial charge in [-0.05, 0) is 36.2 Å². The number of hydrogen-bond acceptors (Lipinski definition) is 7. The highest BCUT2D eigenvalue weighted by molar-refractivity contribution is 5.48. The van der Waals surface area contributed by atoms with E-state index in [4.69, 9.17) is 10.2 Å². The number of benzene rings is 1. The number of aromatic amines is 1. The lowest BCUT2D eigenvalue weighted by Gasteiger charge is -2.02. The van der Waals surface area contributed by atoms with Crippen molar-refractivity contribution in [1.29, 1.82) is 0 Å². The molecule has 0 fully saturated rings. The number of nitrogens with two attached hydrogens (primary N) is 1. The highest BCUT2D eigenvalue weighted by Gasteiger charge is 2.19. The third-order valence-corrected chi connectivity index (χ3v) is 3.67. The van der Waals surface area contributed by atoms with Gasteiger partial charge in [-0.15, -0.1) is 4.52 Å². The van der Waals surface area contributed by atoms with E-state index in [9.17, 15) is 5.11 Å². The fourth-order valence-electron chi connectivity index (χ4n) is 2.43. The smallest absolute Gasteiger partial charge is 0.384 e. The second-order valence-corrected chi connectivity index (χ2v) is 5.43. The van der Waals surface area contributed by atoms with Gasteiger partial charge in [-0.1, -0.05) is 27.1 Å². The van der Waals surface area contributed by atoms with Gasteiger partial charge in [-0.3, -0.25) is 0 Å². The minimum atomic E-state index is 0.238. The first-order chi connectivity index (χ1) is 12.2. The van der Waals surface area contributed by atoms with E-state index in [1.165, 1.54) is 4.52 Å². The molecule has 3 heterocycles. The summed E-state index contributed by atoms with van der Waals surface area (Å²) in [6, 6.07) is 10.6. The fourth-order valence-corrected chi connectivity index (χ4v) is 2.43. The van der Waals surface area contributed by atoms with Crippen molar-refractivity contribution >= 4 is 17.7 Å². The molecule has 9 nitrogen and oxygen atoms in total. The van der Waals surface area contributed by atoms with Crippen molar-refractivity contribution in [3.05, 3.63) is 48.2 Å². The van der Waals surface area contributed by atoms with Crippen molar-refractivity contribution in [3.8, 4) is 17.3 Å². The zero-order valence-corrected chi connectivity index (χ0v) is 13.2. The third-order valence-electron chi connectivity index (χ3n) is 3.67. The predicted molar refractivity (Wildman–Crippen MR) is 89.8 cm³/mol. The minimum Gasteiger partial charge on any atom is -0.508 e. The van der Waals surface area contributed by atoms with Gasteiger partial charge in [0, 0.05) is 6.54 Å². The van der Waals surface area contributed by atoms with Gasteiger partial charge in [-0.25, -0.2) is 5.10 Å². The Labute approximate surface area is 142 Å². The van der Waals surface area contributed by atoms with Crippen LogP contribution in [0.15, 0.2) is 47.1 Å². The standard InChI is InChI=1S/C16H15N7O2/c17-14-20-15(18-8-7-10-3-5-11(24)6-4-10)21-16-19-13(22-23(14)16)12-2-1-9-25-12/h1-6,9H,7-8H2,(H4,17,18,19,20,21,22,24)/p+1. The molecule has 0 saturated carbocycles. The highest BCUT2D eigenvalue weighted by atomic mass is 16.3. The van der Waals surface area contributed by atoms with E-state index in [-0.39, 0.29) is 11.7 Å². The molecule has 4 aromatic rings. The Bertz CT molecular complexity index is 993. The number of phenols is 1. The molecule has 0 radical (unpaired) electrons. The molecule has 126 valence electrons. The van der Waals surface area contributed by atoms with E-state index in [1.54, 1.807) is 30.5 Å². The van der Waals surface area contributed by atoms with E-state index < -0.39 is 0 Å². The van der Waals surface area contributed by atoms with Crippen LogP contribution in [0.3, 0.4) is 0 Å². The highest BCUT2D eigenvalue weighted by Crippen LogP contribution is 2.15. The summed E-state index contributed by atoms with van der Waals surface area (Å²) in [5.74, 6) is 2.39. The number of nitrogens with one attached hydrogen (secondary N) is 2. The number of phenolic OH excluding ortho intramolecular Hbond substituents is 1. The maximum atomic E-state index is 9.29. The molecule has 9 heteroatoms. The van der Waals surface area contributed by atoms with Gasteiger partial charge in [0.05, 0.1) is 6.26 Å². The van der Waals surface area contributed by atoms with Gasteiger partial charge >= 0.3 is 17.7 Å². The van der Waals surface area contributed by atoms with Gasteiger partial charge in [0.2, 0.25) is 5.82 Å². The first-order valence-electron chi connectivity index (χ1n) is 7.70. The Balaban J connectivity index is 1.51. The lowest BCUT2D eigenvalue weighted by Crippen LogP contribution is -2.31. The molecule has 25 heavy (non-hydrogen) atoms. The quantitative estimate of drug-likeness (QED) is 0.401. The Morgan fingerprint density at radius 1 is 1.16 bits per heavy atom. The third kappa shape index (κ3) is 3.07. The number of anilines is 2. The van der Waals surface area contributed by atoms with E-state index in [2.05, 4.69) is 25.4 Å². The number of hydrogen-bond donors (Lipinski definition) is 4. The van der Waals surface area contributed by atoms with Crippen LogP contribution < -0.4 is 15.6 Å². The van der Waals surface area contributed by atoms with E-state index in [0.29, 0.717) is 29.9 Å². The largest absolute Gasteiger partial charge is 0.508 e. The molecular formula is C16H16N7O2+. The number of aromatic nitrogens is 5. The average molecular weight is 338 g/mol. The fraction of sp³-hybridized carbons (Fsp3) is 0.125. The monoisotopic (exact) mass is 338 g/mol. The molecule has 1 aromatic carbocycles. The zero-order valence-electron chi connectivity index (χ0n) is 13.2. The summed E-state index contributed by atoms with van der Waals surface area (Å²) in [6.07, 6.45) is 2.32. The van der Waals surface area contributed by atoms with Gasteiger partial charge in [0.25, 0.3) is 0 Å². The molecule has 0 amide bonds. The van der Waals surface area contributed by atoms with Crippen molar-refractivity contribution in [2.24, 2.45) is 0 Å². The van der Waals surface area contributed by atoms with Gasteiger partial charge in [0.1, 0.15) is 5.75 Å². The van der Waals surface area contributed by atoms with Crippen LogP contribution in [0.1, 0.15) is 5.56 Å². The molecule has 0 saturated heterocycles. The summed E-state index contributed by atoms with van der Waals surface area (Å²) < 4.78 is 6.80. The Kier molecular flexibility index (Phi) is 3.65. The number of H-pyrrole nitrogens is 1. The van der Waals surface area contributed by atoms with Crippen LogP contribution >= 0.6 is 0 Å². The Morgan fingerprint density at radius 2 is 2.00 bits per heavy atom. The second kappa shape index (κ2) is 6.11. The van der Waals surface area contributed by atoms with E-state index >= 15 is 0 Å². The lowest BCUT2D eigenvalue weighted by atomic mass is 10.1. The van der Waals surface area contributed by atoms with Gasteiger partial charge < -0.3 is 20.6 Å². The maximum Gasteiger partial charge on any atom is 0.384 e. The molecule has 0 spiro atoms. The molecule has 3 aromatic heterocycles. The molecule has 0 aliphatic heterocycles. The summed E-state index contributed by atoms with van der Waals surface area (Å²) in [6.45, 7) is 0.621. The SMILES string of the molecule is Nc1nc(NCCc2ccc(O)cc2)nc2nc(-c3ccco3)[nH][n+]12. The zero-order chi connectivity index (χ0) is 17.2. The average Bonchev–Trinajstić information content (AvgIpc) is 3.26. The van der Waals surface area contributed by atoms with Gasteiger partial charge in [-0.2, -0.15) is 0 Å². The van der Waals surface area contributed by atoms with Crippen LogP contribution in [-0.4, -0.2) is 31.7 Å². The molecule has 0 aliphatic rings. The molecule has 5 N–H and O–H groups in total. The number of fused-ring (bicyclic) bond motifs is 1. The number of aromatic hydroxyl groups is 1. The molecule has 0 atom stereocenters. The summed E-state index contributed by atoms with van der Waals surface area (Å²) >= 11 is 0. The van der Waals surface area contributed by atoms with Crippen LogP contribution in [0.2, 0.25) is 0 Å². The number of furan rings is 1. The summed E-state index contributed by atoms with van der Waals surface area (Å²) in [5, 5.41) is 15.4. The molecule has 0 unspecified atom stereocenters. The first kappa shape index (κ1) is 14.9. The molecular weight excluding hydrogens is 322 g/mol. The van der Waals surface area contributed by atoms with E-state index in [0.717, 1.165) is 12.0 Å². The normalized spacial score (nSPS) is 11.0. The molecule has 0 bridgehead atoms. The number of rotatable bonds is 5. The summed E-state index contributed by atoms with van der Waals surface area (Å²) in [5.41, 5.74) is 7.06. The van der Waals surface area contributed by atoms with Gasteiger partial charge in [0.15, 0.2) is 5.76 Å². The minimum absolute atomic E-state index is 0.238. The van der Waals surface area contributed by atoms with Crippen LogP contribution in [0.5, 0.6) is 5.75 Å². The van der Waals surface area contributed by atoms with E-state index in [1.807, 2.05) is 12.1 Å². The van der Waals surface area contributed by atoms with Crippen LogP contribution in [-0.2, 0) is 6.42 Å². The topological polar surface area (TPSA) is 130 Å². The predicted octanol–water partition coefficient (Wildman–Crippen LogP) is 1.14. The van der Waals surface area contributed by atoms with Crippen LogP contribution in [0.25, 0.3) is 17.4 Å². The van der Waals surface area contributed by atoms with Crippen LogP contribution in [0, 0.1) is 0 Å². The lowest BCUT2D eigenvalue weighted by molar-refractivity contribution is -0.566. The second-order valence-electron chi connectivity index (χ2n) is 5.43. The summed E-state index contributed by atoms with van der Waals surface area (Å²) in [7, 11) is 0. The van der Waals surface area contributed by atoms with Crippen molar-refractivity contribution in [1.82, 2.24) is 20.1 Å². The van der Waals surface area contributed by atoms with Crippen molar-refractivity contribution < 1.29 is 14.0 Å². The molecule has 0 aliphatic carbocycles. The Morgan fingerprint density at radius 3 is 2.76 bits per heavy atom. The van der Waals surface area contributed by atoms with Crippen molar-refractivity contribution in [2.75, 3.05) is 17.6 Å². The first-order valence-corrected chi connectivity index (χ1v) is 7.70. The van der Waals surface area contributed by atoms with Crippen molar-refractivity contribution in [2.45, 2.75) is 6.42 Å². The number of nitrogens with zero attached hydrogens (tertiary/aromatic N) is 4. The summed E-state index contributed by atoms with van der Waals surface area (Å²) in [4.78, 5) is 12.9. The Hall–Kier alpha value is -3.62. The number of nitrogen functional groups attached to an aromatic ring is 1. The van der Waals surface area contributed by atoms with Crippen LogP contribution in [0.4, 0.5) is 11.9 Å². The van der Waals surface area contributed by atoms with Crippen molar-refractivity contribution in [3.63, 3.8) is 0 Å².